The fourth-order valence-electron chi connectivity index (χ4n) is 3.32. The Morgan fingerprint density at radius 2 is 1.35 bits per heavy atom. The molecule has 0 aliphatic heterocycles. The summed E-state index contributed by atoms with van der Waals surface area (Å²) in [4.78, 5) is 22.8. The molecule has 3 nitrogen and oxygen atoms in total. The summed E-state index contributed by atoms with van der Waals surface area (Å²) in [5.74, 6) is -0.507. The number of carbonyl (C=O) groups is 2. The monoisotopic (exact) mass is 300 g/mol. The minimum atomic E-state index is -1.83. The van der Waals surface area contributed by atoms with Crippen LogP contribution in [0.1, 0.15) is 67.7 Å². The van der Waals surface area contributed by atoms with Gasteiger partial charge in [0.2, 0.25) is 0 Å². The van der Waals surface area contributed by atoms with Crippen molar-refractivity contribution in [3.8, 4) is 0 Å². The van der Waals surface area contributed by atoms with Crippen molar-refractivity contribution in [2.45, 2.75) is 84.4 Å². The second-order valence-electron chi connectivity index (χ2n) is 6.47. The number of ketones is 2. The zero-order chi connectivity index (χ0) is 15.9. The molecule has 0 N–H and O–H groups in total. The predicted molar refractivity (Wildman–Crippen MR) is 86.5 cm³/mol. The lowest BCUT2D eigenvalue weighted by molar-refractivity contribution is -0.136. The fourth-order valence-corrected chi connectivity index (χ4v) is 8.82. The van der Waals surface area contributed by atoms with Gasteiger partial charge in [-0.2, -0.15) is 0 Å². The van der Waals surface area contributed by atoms with Gasteiger partial charge in [-0.1, -0.05) is 48.5 Å². The van der Waals surface area contributed by atoms with Crippen LogP contribution >= 0.6 is 0 Å². The zero-order valence-electron chi connectivity index (χ0n) is 14.3. The van der Waals surface area contributed by atoms with Gasteiger partial charge in [-0.3, -0.25) is 9.59 Å². The van der Waals surface area contributed by atoms with Crippen molar-refractivity contribution in [1.29, 1.82) is 0 Å². The Hall–Kier alpha value is -0.483. The van der Waals surface area contributed by atoms with Crippen LogP contribution in [0.25, 0.3) is 0 Å². The summed E-state index contributed by atoms with van der Waals surface area (Å²) in [6.45, 7) is 15.8. The first-order valence-corrected chi connectivity index (χ1v) is 10.0. The summed E-state index contributed by atoms with van der Waals surface area (Å²) < 4.78 is 6.35. The lowest BCUT2D eigenvalue weighted by Crippen LogP contribution is -2.48. The Kier molecular flexibility index (Phi) is 8.52. The van der Waals surface area contributed by atoms with Gasteiger partial charge in [0, 0.05) is 19.4 Å². The second kappa shape index (κ2) is 8.73. The molecule has 0 rings (SSSR count). The van der Waals surface area contributed by atoms with Gasteiger partial charge in [0.05, 0.1) is 0 Å². The van der Waals surface area contributed by atoms with E-state index in [1.165, 1.54) is 0 Å². The van der Waals surface area contributed by atoms with Crippen LogP contribution in [0.15, 0.2) is 0 Å². The van der Waals surface area contributed by atoms with E-state index in [1.807, 2.05) is 0 Å². The van der Waals surface area contributed by atoms with Gasteiger partial charge in [0.25, 0.3) is 0 Å². The highest BCUT2D eigenvalue weighted by molar-refractivity contribution is 6.77. The average Bonchev–Trinajstić information content (AvgIpc) is 2.35. The third kappa shape index (κ3) is 4.81. The van der Waals surface area contributed by atoms with Crippen molar-refractivity contribution in [2.75, 3.05) is 6.61 Å². The van der Waals surface area contributed by atoms with Crippen LogP contribution in [0.5, 0.6) is 0 Å². The Bertz CT molecular complexity index is 300. The molecule has 0 aromatic rings. The number of hydrogen-bond acceptors (Lipinski definition) is 3. The van der Waals surface area contributed by atoms with Crippen molar-refractivity contribution < 1.29 is 14.0 Å². The molecule has 0 atom stereocenters. The molecule has 0 unspecified atom stereocenters. The molecule has 20 heavy (non-hydrogen) atoms. The highest BCUT2D eigenvalue weighted by Crippen LogP contribution is 2.42. The molecular formula is C16H32O3Si. The lowest BCUT2D eigenvalue weighted by Gasteiger charge is -2.42. The van der Waals surface area contributed by atoms with Crippen LogP contribution in [0, 0.1) is 0 Å². The van der Waals surface area contributed by atoms with Crippen molar-refractivity contribution in [3.05, 3.63) is 0 Å². The summed E-state index contributed by atoms with van der Waals surface area (Å²) in [5, 5.41) is 0. The Morgan fingerprint density at radius 1 is 0.900 bits per heavy atom. The summed E-state index contributed by atoms with van der Waals surface area (Å²) in [6.07, 6.45) is 1.29. The minimum absolute atomic E-state index is 0.248. The smallest absolute Gasteiger partial charge is 0.200 e. The van der Waals surface area contributed by atoms with Gasteiger partial charge < -0.3 is 4.43 Å². The molecule has 0 amide bonds. The molecule has 0 aromatic heterocycles. The quantitative estimate of drug-likeness (QED) is 0.339. The third-order valence-corrected chi connectivity index (χ3v) is 10.4. The molecule has 0 spiro atoms. The zero-order valence-corrected chi connectivity index (χ0v) is 15.3. The molecule has 0 radical (unpaired) electrons. The number of Topliss-reactive ketones (excluding diaryl/α,β-unsaturated/α-hetero) is 2. The van der Waals surface area contributed by atoms with E-state index in [-0.39, 0.29) is 11.6 Å². The van der Waals surface area contributed by atoms with E-state index in [4.69, 9.17) is 4.43 Å². The molecule has 0 bridgehead atoms. The molecule has 0 heterocycles. The largest absolute Gasteiger partial charge is 0.416 e. The first-order chi connectivity index (χ1) is 9.20. The maximum atomic E-state index is 11.5. The molecule has 0 aliphatic rings. The van der Waals surface area contributed by atoms with E-state index in [1.54, 1.807) is 6.92 Å². The third-order valence-electron chi connectivity index (χ3n) is 4.24. The molecule has 0 aliphatic carbocycles. The average molecular weight is 301 g/mol. The lowest BCUT2D eigenvalue weighted by atomic mass is 10.1. The van der Waals surface area contributed by atoms with E-state index in [9.17, 15) is 9.59 Å². The number of hydrogen-bond donors (Lipinski definition) is 0. The van der Waals surface area contributed by atoms with Crippen molar-refractivity contribution in [1.82, 2.24) is 0 Å². The maximum absolute atomic E-state index is 11.5. The first kappa shape index (κ1) is 19.5. The molecule has 0 fully saturated rings. The predicted octanol–water partition coefficient (Wildman–Crippen LogP) is 4.51. The number of carbonyl (C=O) groups excluding carboxylic acids is 2. The number of rotatable bonds is 10. The van der Waals surface area contributed by atoms with Crippen LogP contribution in [0.2, 0.25) is 16.6 Å². The van der Waals surface area contributed by atoms with Gasteiger partial charge in [-0.25, -0.2) is 0 Å². The van der Waals surface area contributed by atoms with Gasteiger partial charge in [0.15, 0.2) is 19.9 Å². The van der Waals surface area contributed by atoms with Gasteiger partial charge >= 0.3 is 0 Å². The van der Waals surface area contributed by atoms with E-state index in [2.05, 4.69) is 41.5 Å². The summed E-state index contributed by atoms with van der Waals surface area (Å²) in [5.41, 5.74) is 1.65. The topological polar surface area (TPSA) is 43.4 Å². The SMILES string of the molecule is CCC(=O)C(=O)CCCO[Si](C(C)C)(C(C)C)C(C)C. The second-order valence-corrected chi connectivity index (χ2v) is 11.9. The molecule has 0 saturated heterocycles. The van der Waals surface area contributed by atoms with Gasteiger partial charge in [-0.05, 0) is 23.0 Å². The molecule has 0 saturated carbocycles. The van der Waals surface area contributed by atoms with Crippen molar-refractivity contribution in [3.63, 3.8) is 0 Å². The van der Waals surface area contributed by atoms with E-state index in [0.29, 0.717) is 42.5 Å². The van der Waals surface area contributed by atoms with E-state index < -0.39 is 8.32 Å². The summed E-state index contributed by atoms with van der Waals surface area (Å²) >= 11 is 0. The van der Waals surface area contributed by atoms with Crippen LogP contribution in [0.4, 0.5) is 0 Å². The molecule has 4 heteroatoms. The van der Waals surface area contributed by atoms with Gasteiger partial charge in [-0.15, -0.1) is 0 Å². The van der Waals surface area contributed by atoms with Gasteiger partial charge in [0.1, 0.15) is 0 Å². The fraction of sp³-hybridized carbons (Fsp3) is 0.875. The Morgan fingerprint density at radius 3 is 1.70 bits per heavy atom. The standard InChI is InChI=1S/C16H32O3Si/c1-8-15(17)16(18)10-9-11-19-20(12(2)3,13(4)5)14(6)7/h12-14H,8-11H2,1-7H3. The Balaban J connectivity index is 4.50. The summed E-state index contributed by atoms with van der Waals surface area (Å²) in [6, 6.07) is 0. The van der Waals surface area contributed by atoms with Crippen LogP contribution < -0.4 is 0 Å². The molecule has 0 aromatic carbocycles. The van der Waals surface area contributed by atoms with E-state index in [0.717, 1.165) is 0 Å². The van der Waals surface area contributed by atoms with Crippen LogP contribution in [-0.2, 0) is 14.0 Å². The highest BCUT2D eigenvalue weighted by atomic mass is 28.4. The molecule has 118 valence electrons. The Labute approximate surface area is 125 Å². The van der Waals surface area contributed by atoms with Crippen molar-refractivity contribution >= 4 is 19.9 Å². The van der Waals surface area contributed by atoms with Crippen LogP contribution in [-0.4, -0.2) is 26.5 Å². The van der Waals surface area contributed by atoms with E-state index >= 15 is 0 Å². The normalized spacial score (nSPS) is 12.5. The van der Waals surface area contributed by atoms with Crippen molar-refractivity contribution in [2.24, 2.45) is 0 Å². The maximum Gasteiger partial charge on any atom is 0.200 e. The first-order valence-electron chi connectivity index (χ1n) is 7.90. The van der Waals surface area contributed by atoms with Crippen LogP contribution in [0.3, 0.4) is 0 Å². The highest BCUT2D eigenvalue weighted by Gasteiger charge is 2.44. The molecular weight excluding hydrogens is 268 g/mol. The summed E-state index contributed by atoms with van der Waals surface area (Å²) in [7, 11) is -1.83. The minimum Gasteiger partial charge on any atom is -0.416 e.